The van der Waals surface area contributed by atoms with Gasteiger partial charge in [-0.05, 0) is 79.1 Å². The summed E-state index contributed by atoms with van der Waals surface area (Å²) < 4.78 is 5.04. The molecule has 5 nitrogen and oxygen atoms in total. The van der Waals surface area contributed by atoms with Gasteiger partial charge in [-0.2, -0.15) is 0 Å². The topological polar surface area (TPSA) is 61.8 Å². The predicted molar refractivity (Wildman–Crippen MR) is 145 cm³/mol. The molecular formula is C30H35ClN2O3. The molecule has 1 unspecified atom stereocenters. The van der Waals surface area contributed by atoms with Crippen molar-refractivity contribution in [1.29, 1.82) is 0 Å². The van der Waals surface area contributed by atoms with E-state index in [0.717, 1.165) is 43.5 Å². The van der Waals surface area contributed by atoms with Crippen LogP contribution in [0.1, 0.15) is 48.1 Å². The summed E-state index contributed by atoms with van der Waals surface area (Å²) in [7, 11) is 0. The first-order valence-corrected chi connectivity index (χ1v) is 13.1. The summed E-state index contributed by atoms with van der Waals surface area (Å²) in [4.78, 5) is 14.2. The van der Waals surface area contributed by atoms with E-state index in [-0.39, 0.29) is 18.6 Å². The third-order valence-corrected chi connectivity index (χ3v) is 7.01. The molecule has 1 aliphatic rings. The molecule has 0 fully saturated rings. The summed E-state index contributed by atoms with van der Waals surface area (Å²) in [6, 6.07) is 24.6. The number of hydrogen-bond acceptors (Lipinski definition) is 5. The Kier molecular flexibility index (Phi) is 9.40. The van der Waals surface area contributed by atoms with Crippen LogP contribution in [-0.2, 0) is 28.9 Å². The van der Waals surface area contributed by atoms with E-state index in [1.54, 1.807) is 0 Å². The van der Waals surface area contributed by atoms with Crippen LogP contribution in [0.3, 0.4) is 0 Å². The van der Waals surface area contributed by atoms with Gasteiger partial charge in [0.05, 0.1) is 12.7 Å². The fourth-order valence-electron chi connectivity index (χ4n) is 4.95. The van der Waals surface area contributed by atoms with Crippen molar-refractivity contribution in [1.82, 2.24) is 4.90 Å². The zero-order valence-corrected chi connectivity index (χ0v) is 21.6. The number of rotatable bonds is 10. The van der Waals surface area contributed by atoms with E-state index < -0.39 is 6.10 Å². The maximum atomic E-state index is 11.8. The summed E-state index contributed by atoms with van der Waals surface area (Å²) in [5.74, 6) is -0.255. The number of anilines is 1. The fraction of sp³-hybridized carbons (Fsp3) is 0.367. The first-order valence-electron chi connectivity index (χ1n) is 12.7. The number of hydrogen-bond donors (Lipinski definition) is 2. The number of nitrogens with zero attached hydrogens (tertiary/aromatic N) is 1. The summed E-state index contributed by atoms with van der Waals surface area (Å²) in [5, 5.41) is 15.0. The van der Waals surface area contributed by atoms with Gasteiger partial charge in [-0.1, -0.05) is 60.1 Å². The minimum Gasteiger partial charge on any atom is -0.465 e. The molecule has 0 radical (unpaired) electrons. The van der Waals surface area contributed by atoms with Crippen LogP contribution in [0, 0.1) is 0 Å². The van der Waals surface area contributed by atoms with Gasteiger partial charge in [0.15, 0.2) is 0 Å². The van der Waals surface area contributed by atoms with Gasteiger partial charge in [0.1, 0.15) is 6.54 Å². The van der Waals surface area contributed by atoms with Gasteiger partial charge in [-0.25, -0.2) is 0 Å². The maximum absolute atomic E-state index is 11.8. The van der Waals surface area contributed by atoms with Gasteiger partial charge >= 0.3 is 5.97 Å². The molecule has 3 aromatic rings. The van der Waals surface area contributed by atoms with E-state index in [4.69, 9.17) is 16.3 Å². The Bertz CT molecular complexity index is 1140. The van der Waals surface area contributed by atoms with Crippen LogP contribution in [-0.4, -0.2) is 41.7 Å². The highest BCUT2D eigenvalue weighted by Crippen LogP contribution is 2.29. The summed E-state index contributed by atoms with van der Waals surface area (Å²) in [6.45, 7) is 3.63. The number of fused-ring (bicyclic) bond motifs is 1. The van der Waals surface area contributed by atoms with Gasteiger partial charge in [-0.3, -0.25) is 9.69 Å². The van der Waals surface area contributed by atoms with Crippen molar-refractivity contribution in [3.63, 3.8) is 0 Å². The van der Waals surface area contributed by atoms with E-state index in [0.29, 0.717) is 18.2 Å². The zero-order valence-electron chi connectivity index (χ0n) is 20.8. The molecule has 36 heavy (non-hydrogen) atoms. The second-order valence-corrected chi connectivity index (χ2v) is 9.81. The molecular weight excluding hydrogens is 472 g/mol. The molecule has 0 saturated carbocycles. The second-order valence-electron chi connectivity index (χ2n) is 9.38. The van der Waals surface area contributed by atoms with E-state index in [2.05, 4.69) is 46.6 Å². The Labute approximate surface area is 219 Å². The molecule has 0 saturated heterocycles. The predicted octanol–water partition coefficient (Wildman–Crippen LogP) is 5.80. The third-order valence-electron chi connectivity index (χ3n) is 6.77. The summed E-state index contributed by atoms with van der Waals surface area (Å²) in [5.41, 5.74) is 5.64. The molecule has 190 valence electrons. The summed E-state index contributed by atoms with van der Waals surface area (Å²) >= 11 is 6.20. The lowest BCUT2D eigenvalue weighted by Crippen LogP contribution is -2.39. The van der Waals surface area contributed by atoms with Gasteiger partial charge < -0.3 is 15.2 Å². The van der Waals surface area contributed by atoms with Crippen molar-refractivity contribution in [3.8, 4) is 0 Å². The number of aryl methyl sites for hydroxylation is 1. The first-order chi connectivity index (χ1) is 17.5. The van der Waals surface area contributed by atoms with Crippen LogP contribution < -0.4 is 5.32 Å². The number of esters is 1. The quantitative estimate of drug-likeness (QED) is 0.269. The van der Waals surface area contributed by atoms with E-state index in [9.17, 15) is 9.90 Å². The maximum Gasteiger partial charge on any atom is 0.325 e. The Hall–Kier alpha value is -2.86. The number of carbonyl (C=O) groups excluding carboxylic acids is 1. The summed E-state index contributed by atoms with van der Waals surface area (Å²) in [6.07, 6.45) is 3.42. The average molecular weight is 507 g/mol. The largest absolute Gasteiger partial charge is 0.465 e. The molecule has 0 heterocycles. The van der Waals surface area contributed by atoms with Crippen LogP contribution in [0.25, 0.3) is 0 Å². The van der Waals surface area contributed by atoms with Crippen molar-refractivity contribution in [2.45, 2.75) is 51.3 Å². The van der Waals surface area contributed by atoms with Crippen molar-refractivity contribution < 1.29 is 14.6 Å². The minimum absolute atomic E-state index is 0.155. The number of aliphatic hydroxyl groups is 1. The van der Waals surface area contributed by atoms with Crippen molar-refractivity contribution in [2.24, 2.45) is 0 Å². The van der Waals surface area contributed by atoms with Crippen LogP contribution >= 0.6 is 11.6 Å². The molecule has 0 spiro atoms. The van der Waals surface area contributed by atoms with Crippen LogP contribution in [0.15, 0.2) is 72.8 Å². The number of carbonyl (C=O) groups is 1. The normalized spacial score (nSPS) is 16.2. The van der Waals surface area contributed by atoms with Gasteiger partial charge in [0.25, 0.3) is 0 Å². The Morgan fingerprint density at radius 2 is 1.94 bits per heavy atom. The number of benzene rings is 3. The Morgan fingerprint density at radius 3 is 2.72 bits per heavy atom. The monoisotopic (exact) mass is 506 g/mol. The smallest absolute Gasteiger partial charge is 0.325 e. The van der Waals surface area contributed by atoms with Gasteiger partial charge in [0.2, 0.25) is 0 Å². The van der Waals surface area contributed by atoms with Crippen molar-refractivity contribution >= 4 is 23.3 Å². The lowest BCUT2D eigenvalue weighted by Gasteiger charge is -2.33. The molecule has 2 atom stereocenters. The van der Waals surface area contributed by atoms with Gasteiger partial charge in [-0.15, -0.1) is 0 Å². The third kappa shape index (κ3) is 7.33. The highest BCUT2D eigenvalue weighted by molar-refractivity contribution is 6.30. The Balaban J connectivity index is 1.54. The second kappa shape index (κ2) is 12.9. The molecule has 0 aliphatic heterocycles. The molecule has 0 aromatic heterocycles. The Morgan fingerprint density at radius 1 is 1.11 bits per heavy atom. The lowest BCUT2D eigenvalue weighted by molar-refractivity contribution is -0.140. The van der Waals surface area contributed by atoms with Gasteiger partial charge in [0, 0.05) is 29.8 Å². The number of nitrogens with one attached hydrogen (secondary N) is 1. The number of aliphatic hydroxyl groups excluding tert-OH is 1. The molecule has 1 aliphatic carbocycles. The molecule has 4 rings (SSSR count). The van der Waals surface area contributed by atoms with Crippen molar-refractivity contribution in [3.05, 3.63) is 100 Å². The highest BCUT2D eigenvalue weighted by atomic mass is 35.5. The fourth-order valence-corrected chi connectivity index (χ4v) is 5.15. The minimum atomic E-state index is -0.632. The highest BCUT2D eigenvalue weighted by Gasteiger charge is 2.26. The zero-order chi connectivity index (χ0) is 25.3. The van der Waals surface area contributed by atoms with Crippen LogP contribution in [0.5, 0.6) is 0 Å². The van der Waals surface area contributed by atoms with Crippen LogP contribution in [0.2, 0.25) is 5.02 Å². The van der Waals surface area contributed by atoms with E-state index in [1.807, 2.05) is 43.3 Å². The number of ether oxygens (including phenoxy) is 1. The van der Waals surface area contributed by atoms with Crippen LogP contribution in [0.4, 0.5) is 5.69 Å². The first kappa shape index (κ1) is 26.2. The standard InChI is InChI=1S/C30H35ClN2O3/c1-2-36-30(35)19-32-27-15-14-23-10-7-13-28(18-25(23)17-27)33(20-22-8-4-3-5-9-22)21-29(34)24-11-6-12-26(31)16-24/h3-6,8-9,11-12,14-17,28-29,32,34H,2,7,10,13,18-21H2,1H3/t28?,29-/m0/s1. The molecule has 3 aromatic carbocycles. The van der Waals surface area contributed by atoms with E-state index >= 15 is 0 Å². The molecule has 0 bridgehead atoms. The van der Waals surface area contributed by atoms with E-state index in [1.165, 1.54) is 16.7 Å². The molecule has 6 heteroatoms. The molecule has 2 N–H and O–H groups in total. The lowest BCUT2D eigenvalue weighted by atomic mass is 9.99. The SMILES string of the molecule is CCOC(=O)CNc1ccc2c(c1)CC(N(Cc1ccccc1)C[C@H](O)c1cccc(Cl)c1)CCC2. The number of halogens is 1. The molecule has 0 amide bonds. The average Bonchev–Trinajstić information content (AvgIpc) is 3.10. The van der Waals surface area contributed by atoms with Crippen molar-refractivity contribution in [2.75, 3.05) is 25.0 Å².